The van der Waals surface area contributed by atoms with E-state index in [1.165, 1.54) is 32.4 Å². The number of hydrogen-bond acceptors (Lipinski definition) is 7. The van der Waals surface area contributed by atoms with Gasteiger partial charge in [0.1, 0.15) is 11.5 Å². The minimum absolute atomic E-state index is 0.170. The Hall–Kier alpha value is -4.01. The van der Waals surface area contributed by atoms with Gasteiger partial charge >= 0.3 is 0 Å². The number of rotatable bonds is 4. The van der Waals surface area contributed by atoms with E-state index in [0.29, 0.717) is 16.3 Å². The van der Waals surface area contributed by atoms with Crippen LogP contribution in [0.4, 0.5) is 5.69 Å². The van der Waals surface area contributed by atoms with E-state index in [2.05, 4.69) is 0 Å². The molecule has 37 heavy (non-hydrogen) atoms. The van der Waals surface area contributed by atoms with Crippen LogP contribution in [0.1, 0.15) is 32.4 Å². The predicted molar refractivity (Wildman–Crippen MR) is 132 cm³/mol. The first-order valence-corrected chi connectivity index (χ1v) is 11.9. The zero-order valence-electron chi connectivity index (χ0n) is 19.8. The van der Waals surface area contributed by atoms with Crippen molar-refractivity contribution in [1.29, 1.82) is 0 Å². The van der Waals surface area contributed by atoms with Gasteiger partial charge in [0, 0.05) is 22.2 Å². The molecule has 3 aromatic carbocycles. The Morgan fingerprint density at radius 3 is 2.08 bits per heavy atom. The standard InChI is InChI=1S/C28H20ClNO7/c1-35-16-11-12-19(20(13-16)36-2)30-26(33)21-22(27(30)34)28(37-23(21)14-7-9-15(29)10-8-14)24(31)17-5-3-4-6-18(17)25(28)32/h3-13,21-23H,1-2H3/t21-,22+,23+/m0/s1. The second-order valence-corrected chi connectivity index (χ2v) is 9.52. The van der Waals surface area contributed by atoms with Crippen LogP contribution in [0.15, 0.2) is 66.7 Å². The molecular formula is C28H20ClNO7. The van der Waals surface area contributed by atoms with Gasteiger partial charge < -0.3 is 14.2 Å². The Morgan fingerprint density at radius 1 is 0.838 bits per heavy atom. The number of nitrogens with zero attached hydrogens (tertiary/aromatic N) is 1. The number of methoxy groups -OCH3 is 2. The van der Waals surface area contributed by atoms with Crippen molar-refractivity contribution in [2.24, 2.45) is 11.8 Å². The van der Waals surface area contributed by atoms with Gasteiger partial charge in [-0.3, -0.25) is 19.2 Å². The molecule has 0 N–H and O–H groups in total. The maximum absolute atomic E-state index is 14.1. The summed E-state index contributed by atoms with van der Waals surface area (Å²) in [6.45, 7) is 0. The highest BCUT2D eigenvalue weighted by molar-refractivity contribution is 6.37. The SMILES string of the molecule is COc1ccc(N2C(=O)[C@@H]3[C@@H](c4ccc(Cl)cc4)OC4(C(=O)c5ccccc5C4=O)[C@H]3C2=O)c(OC)c1. The monoisotopic (exact) mass is 517 g/mol. The third-order valence-electron chi connectivity index (χ3n) is 7.35. The quantitative estimate of drug-likeness (QED) is 0.380. The molecule has 9 heteroatoms. The summed E-state index contributed by atoms with van der Waals surface area (Å²) in [5, 5.41) is 0.465. The van der Waals surface area contributed by atoms with Gasteiger partial charge in [0.15, 0.2) is 0 Å². The predicted octanol–water partition coefficient (Wildman–Crippen LogP) is 4.05. The summed E-state index contributed by atoms with van der Waals surface area (Å²) in [5.74, 6) is -4.32. The number of carbonyl (C=O) groups is 4. The first kappa shape index (κ1) is 23.4. The molecule has 2 amide bonds. The molecule has 3 atom stereocenters. The summed E-state index contributed by atoms with van der Waals surface area (Å²) in [5.41, 5.74) is -1.10. The third-order valence-corrected chi connectivity index (χ3v) is 7.60. The lowest BCUT2D eigenvalue weighted by molar-refractivity contribution is -0.127. The molecule has 0 radical (unpaired) electrons. The summed E-state index contributed by atoms with van der Waals surface area (Å²) in [6.07, 6.45) is -1.03. The normalized spacial score (nSPS) is 23.5. The minimum Gasteiger partial charge on any atom is -0.497 e. The molecule has 2 heterocycles. The number of anilines is 1. The zero-order valence-corrected chi connectivity index (χ0v) is 20.5. The smallest absolute Gasteiger partial charge is 0.241 e. The van der Waals surface area contributed by atoms with Crippen LogP contribution in [0.3, 0.4) is 0 Å². The highest BCUT2D eigenvalue weighted by Crippen LogP contribution is 2.58. The van der Waals surface area contributed by atoms with Gasteiger partial charge in [-0.25, -0.2) is 4.90 Å². The topological polar surface area (TPSA) is 99.2 Å². The molecule has 0 saturated carbocycles. The first-order valence-electron chi connectivity index (χ1n) is 11.5. The fraction of sp³-hybridized carbons (Fsp3) is 0.214. The first-order chi connectivity index (χ1) is 17.8. The maximum atomic E-state index is 14.1. The summed E-state index contributed by atoms with van der Waals surface area (Å²) in [4.78, 5) is 56.7. The molecule has 3 aliphatic rings. The van der Waals surface area contributed by atoms with E-state index in [4.69, 9.17) is 25.8 Å². The highest BCUT2D eigenvalue weighted by Gasteiger charge is 2.74. The number of amides is 2. The van der Waals surface area contributed by atoms with E-state index in [9.17, 15) is 19.2 Å². The number of imide groups is 1. The molecule has 1 aliphatic carbocycles. The van der Waals surface area contributed by atoms with E-state index < -0.39 is 46.9 Å². The van der Waals surface area contributed by atoms with Gasteiger partial charge in [-0.05, 0) is 29.8 Å². The Bertz CT molecular complexity index is 1460. The molecule has 2 fully saturated rings. The molecule has 6 rings (SSSR count). The molecule has 1 spiro atoms. The van der Waals surface area contributed by atoms with Gasteiger partial charge in [-0.1, -0.05) is 48.0 Å². The third kappa shape index (κ3) is 3.06. The number of halogens is 1. The minimum atomic E-state index is -2.15. The van der Waals surface area contributed by atoms with Crippen molar-refractivity contribution in [3.63, 3.8) is 0 Å². The van der Waals surface area contributed by atoms with Crippen LogP contribution in [-0.4, -0.2) is 43.2 Å². The van der Waals surface area contributed by atoms with E-state index in [-0.39, 0.29) is 22.6 Å². The summed E-state index contributed by atoms with van der Waals surface area (Å²) in [6, 6.07) is 17.6. The number of ketones is 2. The van der Waals surface area contributed by atoms with E-state index in [1.807, 2.05) is 0 Å². The lowest BCUT2D eigenvalue weighted by Gasteiger charge is -2.27. The molecule has 0 bridgehead atoms. The second-order valence-electron chi connectivity index (χ2n) is 9.08. The number of benzene rings is 3. The van der Waals surface area contributed by atoms with Crippen LogP contribution in [-0.2, 0) is 14.3 Å². The molecule has 2 saturated heterocycles. The van der Waals surface area contributed by atoms with Crippen LogP contribution in [0, 0.1) is 11.8 Å². The van der Waals surface area contributed by atoms with Crippen LogP contribution in [0.2, 0.25) is 5.02 Å². The van der Waals surface area contributed by atoms with Crippen molar-refractivity contribution in [2.45, 2.75) is 11.7 Å². The largest absolute Gasteiger partial charge is 0.497 e. The van der Waals surface area contributed by atoms with Gasteiger partial charge in [-0.2, -0.15) is 0 Å². The molecule has 2 aliphatic heterocycles. The van der Waals surface area contributed by atoms with Crippen molar-refractivity contribution in [3.8, 4) is 11.5 Å². The Kier molecular flexibility index (Phi) is 5.22. The van der Waals surface area contributed by atoms with Gasteiger partial charge in [0.25, 0.3) is 0 Å². The van der Waals surface area contributed by atoms with Crippen LogP contribution in [0.25, 0.3) is 0 Å². The van der Waals surface area contributed by atoms with E-state index in [1.54, 1.807) is 48.5 Å². The number of ether oxygens (including phenoxy) is 3. The Balaban J connectivity index is 1.54. The lowest BCUT2D eigenvalue weighted by Crippen LogP contribution is -2.51. The summed E-state index contributed by atoms with van der Waals surface area (Å²) < 4.78 is 17.0. The molecule has 8 nitrogen and oxygen atoms in total. The lowest BCUT2D eigenvalue weighted by atomic mass is 9.77. The average Bonchev–Trinajstić information content (AvgIpc) is 3.48. The van der Waals surface area contributed by atoms with Crippen LogP contribution < -0.4 is 14.4 Å². The van der Waals surface area contributed by atoms with Crippen molar-refractivity contribution in [2.75, 3.05) is 19.1 Å². The van der Waals surface area contributed by atoms with Crippen molar-refractivity contribution >= 4 is 40.7 Å². The molecule has 0 aromatic heterocycles. The number of hydrogen-bond donors (Lipinski definition) is 0. The van der Waals surface area contributed by atoms with E-state index >= 15 is 0 Å². The fourth-order valence-corrected chi connectivity index (χ4v) is 5.80. The Labute approximate surface area is 216 Å². The number of carbonyl (C=O) groups excluding carboxylic acids is 4. The van der Waals surface area contributed by atoms with Crippen LogP contribution in [0.5, 0.6) is 11.5 Å². The molecule has 186 valence electrons. The Morgan fingerprint density at radius 2 is 1.49 bits per heavy atom. The zero-order chi connectivity index (χ0) is 26.1. The average molecular weight is 518 g/mol. The van der Waals surface area contributed by atoms with Crippen molar-refractivity contribution in [1.82, 2.24) is 0 Å². The van der Waals surface area contributed by atoms with Crippen LogP contribution >= 0.6 is 11.6 Å². The molecular weight excluding hydrogens is 498 g/mol. The van der Waals surface area contributed by atoms with Gasteiger partial charge in [-0.15, -0.1) is 0 Å². The van der Waals surface area contributed by atoms with Crippen molar-refractivity contribution < 1.29 is 33.4 Å². The van der Waals surface area contributed by atoms with Gasteiger partial charge in [0.05, 0.1) is 37.8 Å². The molecule has 0 unspecified atom stereocenters. The number of fused-ring (bicyclic) bond motifs is 3. The summed E-state index contributed by atoms with van der Waals surface area (Å²) >= 11 is 6.07. The second kappa shape index (κ2) is 8.26. The summed E-state index contributed by atoms with van der Waals surface area (Å²) in [7, 11) is 2.89. The number of Topliss-reactive ketones (excluding diaryl/α,β-unsaturated/α-hetero) is 2. The van der Waals surface area contributed by atoms with Gasteiger partial charge in [0.2, 0.25) is 29.0 Å². The molecule has 3 aromatic rings. The van der Waals surface area contributed by atoms with Crippen molar-refractivity contribution in [3.05, 3.63) is 88.4 Å². The highest BCUT2D eigenvalue weighted by atomic mass is 35.5. The fourth-order valence-electron chi connectivity index (χ4n) is 5.68. The van der Waals surface area contributed by atoms with E-state index in [0.717, 1.165) is 4.90 Å². The maximum Gasteiger partial charge on any atom is 0.241 e.